The number of nitrogens with zero attached hydrogens (tertiary/aromatic N) is 1. The van der Waals surface area contributed by atoms with Crippen LogP contribution in [0.5, 0.6) is 5.75 Å². The lowest BCUT2D eigenvalue weighted by Crippen LogP contribution is -2.28. The number of carbonyl (C=O) groups excluding carboxylic acids is 1. The zero-order chi connectivity index (χ0) is 17.5. The molecular formula is C18H20BrFN2O2. The highest BCUT2D eigenvalue weighted by Gasteiger charge is 2.07. The summed E-state index contributed by atoms with van der Waals surface area (Å²) in [4.78, 5) is 13.8. The van der Waals surface area contributed by atoms with Crippen LogP contribution in [-0.2, 0) is 17.9 Å². The molecule has 24 heavy (non-hydrogen) atoms. The van der Waals surface area contributed by atoms with Gasteiger partial charge in [0.15, 0.2) is 6.61 Å². The summed E-state index contributed by atoms with van der Waals surface area (Å²) in [7, 11) is 3.76. The molecule has 0 radical (unpaired) electrons. The molecule has 0 saturated carbocycles. The summed E-state index contributed by atoms with van der Waals surface area (Å²) in [6, 6.07) is 12.1. The molecular weight excluding hydrogens is 375 g/mol. The Hall–Kier alpha value is -1.92. The fourth-order valence-corrected chi connectivity index (χ4v) is 2.40. The predicted molar refractivity (Wildman–Crippen MR) is 95.3 cm³/mol. The molecule has 6 heteroatoms. The van der Waals surface area contributed by atoms with E-state index >= 15 is 0 Å². The largest absolute Gasteiger partial charge is 0.484 e. The molecule has 4 nitrogen and oxygen atoms in total. The van der Waals surface area contributed by atoms with Crippen molar-refractivity contribution in [1.29, 1.82) is 0 Å². The van der Waals surface area contributed by atoms with Gasteiger partial charge < -0.3 is 15.0 Å². The highest BCUT2D eigenvalue weighted by Crippen LogP contribution is 2.16. The zero-order valence-corrected chi connectivity index (χ0v) is 15.3. The SMILES string of the molecule is CN(C)Cc1cc(CNC(=O)COc2ccc(Br)cc2)ccc1F. The topological polar surface area (TPSA) is 41.6 Å². The third kappa shape index (κ3) is 5.94. The minimum absolute atomic E-state index is 0.0621. The number of carbonyl (C=O) groups is 1. The number of ether oxygens (including phenoxy) is 1. The van der Waals surface area contributed by atoms with Crippen molar-refractivity contribution in [3.05, 3.63) is 63.9 Å². The van der Waals surface area contributed by atoms with Crippen LogP contribution in [0.4, 0.5) is 4.39 Å². The Balaban J connectivity index is 1.84. The molecule has 2 aromatic carbocycles. The molecule has 0 aromatic heterocycles. The standard InChI is InChI=1S/C18H20BrFN2O2/c1-22(2)11-14-9-13(3-8-17(14)20)10-21-18(23)12-24-16-6-4-15(19)5-7-16/h3-9H,10-12H2,1-2H3,(H,21,23). The van der Waals surface area contributed by atoms with E-state index in [1.165, 1.54) is 6.07 Å². The molecule has 2 aromatic rings. The van der Waals surface area contributed by atoms with Crippen molar-refractivity contribution in [2.45, 2.75) is 13.1 Å². The number of halogens is 2. The van der Waals surface area contributed by atoms with E-state index in [-0.39, 0.29) is 18.3 Å². The second-order valence-electron chi connectivity index (χ2n) is 5.68. The van der Waals surface area contributed by atoms with E-state index in [1.807, 2.05) is 31.1 Å². The Bertz CT molecular complexity index is 690. The van der Waals surface area contributed by atoms with Crippen molar-refractivity contribution in [3.63, 3.8) is 0 Å². The van der Waals surface area contributed by atoms with Gasteiger partial charge in [-0.1, -0.05) is 22.0 Å². The van der Waals surface area contributed by atoms with Gasteiger partial charge in [-0.2, -0.15) is 0 Å². The maximum atomic E-state index is 13.7. The molecule has 0 saturated heterocycles. The number of nitrogens with one attached hydrogen (secondary N) is 1. The minimum Gasteiger partial charge on any atom is -0.484 e. The van der Waals surface area contributed by atoms with Gasteiger partial charge in [0.1, 0.15) is 11.6 Å². The third-order valence-corrected chi connectivity index (χ3v) is 3.80. The Morgan fingerprint density at radius 1 is 1.21 bits per heavy atom. The van der Waals surface area contributed by atoms with E-state index in [0.29, 0.717) is 24.4 Å². The van der Waals surface area contributed by atoms with Crippen molar-refractivity contribution < 1.29 is 13.9 Å². The van der Waals surface area contributed by atoms with Gasteiger partial charge >= 0.3 is 0 Å². The van der Waals surface area contributed by atoms with E-state index in [9.17, 15) is 9.18 Å². The predicted octanol–water partition coefficient (Wildman–Crippen LogP) is 3.35. The number of benzene rings is 2. The monoisotopic (exact) mass is 394 g/mol. The quantitative estimate of drug-likeness (QED) is 0.782. The van der Waals surface area contributed by atoms with Gasteiger partial charge in [-0.3, -0.25) is 4.79 Å². The van der Waals surface area contributed by atoms with Crippen molar-refractivity contribution in [2.75, 3.05) is 20.7 Å². The molecule has 0 atom stereocenters. The maximum Gasteiger partial charge on any atom is 0.258 e. The minimum atomic E-state index is -0.239. The molecule has 0 unspecified atom stereocenters. The van der Waals surface area contributed by atoms with Gasteiger partial charge in [0.25, 0.3) is 5.91 Å². The van der Waals surface area contributed by atoms with Crippen LogP contribution in [0.1, 0.15) is 11.1 Å². The van der Waals surface area contributed by atoms with E-state index in [0.717, 1.165) is 10.0 Å². The molecule has 1 amide bonds. The van der Waals surface area contributed by atoms with Crippen LogP contribution in [0, 0.1) is 5.82 Å². The third-order valence-electron chi connectivity index (χ3n) is 3.27. The normalized spacial score (nSPS) is 10.7. The summed E-state index contributed by atoms with van der Waals surface area (Å²) >= 11 is 3.34. The molecule has 2 rings (SSSR count). The fourth-order valence-electron chi connectivity index (χ4n) is 2.13. The van der Waals surface area contributed by atoms with Crippen LogP contribution in [0.2, 0.25) is 0 Å². The zero-order valence-electron chi connectivity index (χ0n) is 13.7. The number of amides is 1. The van der Waals surface area contributed by atoms with Crippen molar-refractivity contribution >= 4 is 21.8 Å². The molecule has 0 fully saturated rings. The van der Waals surface area contributed by atoms with Crippen LogP contribution in [-0.4, -0.2) is 31.5 Å². The molecule has 0 heterocycles. The number of rotatable bonds is 7. The van der Waals surface area contributed by atoms with E-state index < -0.39 is 0 Å². The first-order valence-corrected chi connectivity index (χ1v) is 8.30. The van der Waals surface area contributed by atoms with E-state index in [4.69, 9.17) is 4.74 Å². The first-order chi connectivity index (χ1) is 11.4. The lowest BCUT2D eigenvalue weighted by atomic mass is 10.1. The van der Waals surface area contributed by atoms with Gasteiger partial charge in [-0.25, -0.2) is 4.39 Å². The Morgan fingerprint density at radius 2 is 1.92 bits per heavy atom. The van der Waals surface area contributed by atoms with Gasteiger partial charge in [-0.05, 0) is 56.1 Å². The van der Waals surface area contributed by atoms with E-state index in [2.05, 4.69) is 21.2 Å². The second-order valence-corrected chi connectivity index (χ2v) is 6.60. The van der Waals surface area contributed by atoms with Crippen LogP contribution >= 0.6 is 15.9 Å². The van der Waals surface area contributed by atoms with Crippen LogP contribution in [0.15, 0.2) is 46.9 Å². The average Bonchev–Trinajstić information content (AvgIpc) is 2.54. The molecule has 0 spiro atoms. The van der Waals surface area contributed by atoms with Crippen LogP contribution in [0.25, 0.3) is 0 Å². The van der Waals surface area contributed by atoms with Crippen molar-refractivity contribution in [3.8, 4) is 5.75 Å². The number of hydrogen-bond donors (Lipinski definition) is 1. The molecule has 0 aliphatic rings. The molecule has 0 bridgehead atoms. The second kappa shape index (κ2) is 8.80. The Morgan fingerprint density at radius 3 is 2.58 bits per heavy atom. The lowest BCUT2D eigenvalue weighted by Gasteiger charge is -2.12. The first kappa shape index (κ1) is 18.4. The lowest BCUT2D eigenvalue weighted by molar-refractivity contribution is -0.123. The summed E-state index contributed by atoms with van der Waals surface area (Å²) in [5.74, 6) is 0.164. The molecule has 0 aliphatic carbocycles. The fraction of sp³-hybridized carbons (Fsp3) is 0.278. The molecule has 0 aliphatic heterocycles. The van der Waals surface area contributed by atoms with Gasteiger partial charge in [-0.15, -0.1) is 0 Å². The van der Waals surface area contributed by atoms with Gasteiger partial charge in [0, 0.05) is 23.1 Å². The summed E-state index contributed by atoms with van der Waals surface area (Å²) in [6.07, 6.45) is 0. The Kier molecular flexibility index (Phi) is 6.75. The highest BCUT2D eigenvalue weighted by molar-refractivity contribution is 9.10. The van der Waals surface area contributed by atoms with Gasteiger partial charge in [0.05, 0.1) is 0 Å². The maximum absolute atomic E-state index is 13.7. The smallest absolute Gasteiger partial charge is 0.258 e. The highest BCUT2D eigenvalue weighted by atomic mass is 79.9. The summed E-state index contributed by atoms with van der Waals surface area (Å²) in [5, 5.41) is 2.77. The van der Waals surface area contributed by atoms with Crippen molar-refractivity contribution in [2.24, 2.45) is 0 Å². The van der Waals surface area contributed by atoms with Crippen LogP contribution in [0.3, 0.4) is 0 Å². The summed E-state index contributed by atoms with van der Waals surface area (Å²) in [5.41, 5.74) is 1.46. The first-order valence-electron chi connectivity index (χ1n) is 7.51. The molecule has 128 valence electrons. The van der Waals surface area contributed by atoms with Crippen LogP contribution < -0.4 is 10.1 Å². The Labute approximate surface area is 149 Å². The summed E-state index contributed by atoms with van der Waals surface area (Å²) in [6.45, 7) is 0.789. The van der Waals surface area contributed by atoms with Crippen molar-refractivity contribution in [1.82, 2.24) is 10.2 Å². The molecule has 1 N–H and O–H groups in total. The van der Waals surface area contributed by atoms with E-state index in [1.54, 1.807) is 24.3 Å². The summed E-state index contributed by atoms with van der Waals surface area (Å²) < 4.78 is 20.1. The number of hydrogen-bond acceptors (Lipinski definition) is 3. The average molecular weight is 395 g/mol. The van der Waals surface area contributed by atoms with Gasteiger partial charge in [0.2, 0.25) is 0 Å².